The lowest BCUT2D eigenvalue weighted by Crippen LogP contribution is -2.01. The molecule has 0 aliphatic carbocycles. The minimum Gasteiger partial charge on any atom is -0.450 e. The zero-order chi connectivity index (χ0) is 31.8. The third kappa shape index (κ3) is 3.15. The summed E-state index contributed by atoms with van der Waals surface area (Å²) >= 11 is 0. The summed E-state index contributed by atoms with van der Waals surface area (Å²) in [6, 6.07) is 51.5. The molecule has 0 fully saturated rings. The summed E-state index contributed by atoms with van der Waals surface area (Å²) in [6.45, 7) is 0. The van der Waals surface area contributed by atoms with Crippen LogP contribution < -0.4 is 0 Å². The molecule has 12 aromatic rings. The Bertz CT molecular complexity index is 3330. The van der Waals surface area contributed by atoms with Gasteiger partial charge in [-0.3, -0.25) is 4.57 Å². The lowest BCUT2D eigenvalue weighted by molar-refractivity contribution is 0.662. The minimum absolute atomic E-state index is 0.665. The lowest BCUT2D eigenvalue weighted by atomic mass is 9.99. The van der Waals surface area contributed by atoms with Gasteiger partial charge in [-0.15, -0.1) is 0 Å². The number of benzene rings is 7. The van der Waals surface area contributed by atoms with Gasteiger partial charge in [0.05, 0.1) is 27.6 Å². The van der Waals surface area contributed by atoms with Crippen LogP contribution in [-0.2, 0) is 0 Å². The third-order valence-electron chi connectivity index (χ3n) is 10.4. The first-order valence-corrected chi connectivity index (χ1v) is 16.6. The zero-order valence-corrected chi connectivity index (χ0v) is 26.1. The maximum Gasteiger partial charge on any atom is 0.197 e. The summed E-state index contributed by atoms with van der Waals surface area (Å²) in [5, 5.41) is 10.8. The smallest absolute Gasteiger partial charge is 0.197 e. The fourth-order valence-corrected chi connectivity index (χ4v) is 8.45. The Morgan fingerprint density at radius 2 is 1.16 bits per heavy atom. The normalized spacial score (nSPS) is 12.5. The molecule has 5 heterocycles. The highest BCUT2D eigenvalue weighted by Gasteiger charge is 2.27. The molecule has 0 atom stereocenters. The van der Waals surface area contributed by atoms with Gasteiger partial charge >= 0.3 is 0 Å². The minimum atomic E-state index is 0.665. The summed E-state index contributed by atoms with van der Waals surface area (Å²) in [4.78, 5) is 10.5. The van der Waals surface area contributed by atoms with Crippen molar-refractivity contribution in [3.63, 3.8) is 0 Å². The van der Waals surface area contributed by atoms with Crippen molar-refractivity contribution in [2.24, 2.45) is 0 Å². The van der Waals surface area contributed by atoms with Gasteiger partial charge < -0.3 is 8.82 Å². The van der Waals surface area contributed by atoms with Crippen molar-refractivity contribution in [1.82, 2.24) is 18.9 Å². The van der Waals surface area contributed by atoms with Crippen LogP contribution in [0.5, 0.6) is 0 Å². The van der Waals surface area contributed by atoms with Crippen LogP contribution >= 0.6 is 0 Å². The lowest BCUT2D eigenvalue weighted by Gasteiger charge is -2.10. The molecule has 49 heavy (non-hydrogen) atoms. The third-order valence-corrected chi connectivity index (χ3v) is 10.4. The van der Waals surface area contributed by atoms with Crippen LogP contribution in [0.15, 0.2) is 150 Å². The Balaban J connectivity index is 1.38. The number of furan rings is 1. The number of hydrogen-bond donors (Lipinski definition) is 0. The molecule has 0 bridgehead atoms. The fraction of sp³-hybridized carbons (Fsp3) is 0. The molecule has 0 spiro atoms. The number of nitrogens with zero attached hydrogens (tertiary/aromatic N) is 4. The highest BCUT2D eigenvalue weighted by atomic mass is 16.3. The van der Waals surface area contributed by atoms with Gasteiger partial charge in [0.1, 0.15) is 11.1 Å². The van der Waals surface area contributed by atoms with Crippen molar-refractivity contribution < 1.29 is 4.42 Å². The topological polar surface area (TPSA) is 48.3 Å². The van der Waals surface area contributed by atoms with Gasteiger partial charge in [0.25, 0.3) is 0 Å². The average molecular weight is 625 g/mol. The van der Waals surface area contributed by atoms with E-state index in [1.165, 1.54) is 59.6 Å². The molecule has 0 unspecified atom stereocenters. The van der Waals surface area contributed by atoms with Gasteiger partial charge in [-0.05, 0) is 47.2 Å². The van der Waals surface area contributed by atoms with Crippen LogP contribution in [0.4, 0.5) is 0 Å². The molecule has 5 heteroatoms. The molecule has 5 nitrogen and oxygen atoms in total. The molecule has 0 radical (unpaired) electrons. The molecule has 0 amide bonds. The standard InChI is InChI=1S/C44H24N4O/c1-2-13-26(14-3-1)43-45-40-30-18-8-11-21-36(30)49-42(40)44(46-43)48-34-23-22-25-12-4-5-15-27(25)37(34)39-35(48)24-31-28-16-6-9-19-32(28)47-33-20-10-7-17-29(33)38(39)41(31)47/h1-24H. The summed E-state index contributed by atoms with van der Waals surface area (Å²) in [7, 11) is 0. The van der Waals surface area contributed by atoms with Gasteiger partial charge in [-0.2, -0.15) is 0 Å². The van der Waals surface area contributed by atoms with Crippen molar-refractivity contribution >= 4 is 92.7 Å². The van der Waals surface area contributed by atoms with Gasteiger partial charge in [0.15, 0.2) is 17.2 Å². The molecular weight excluding hydrogens is 601 g/mol. The quantitative estimate of drug-likeness (QED) is 0.192. The van der Waals surface area contributed by atoms with E-state index < -0.39 is 0 Å². The summed E-state index contributed by atoms with van der Waals surface area (Å²) in [5.74, 6) is 1.40. The molecule has 226 valence electrons. The number of rotatable bonds is 2. The van der Waals surface area contributed by atoms with Gasteiger partial charge in [-0.1, -0.05) is 109 Å². The van der Waals surface area contributed by atoms with E-state index in [4.69, 9.17) is 14.4 Å². The van der Waals surface area contributed by atoms with Crippen molar-refractivity contribution in [1.29, 1.82) is 0 Å². The van der Waals surface area contributed by atoms with Crippen LogP contribution in [0, 0.1) is 0 Å². The Morgan fingerprint density at radius 3 is 2.02 bits per heavy atom. The zero-order valence-electron chi connectivity index (χ0n) is 26.1. The largest absolute Gasteiger partial charge is 0.450 e. The second kappa shape index (κ2) is 9.00. The van der Waals surface area contributed by atoms with Gasteiger partial charge in [0.2, 0.25) is 0 Å². The Kier molecular flexibility index (Phi) is 4.66. The van der Waals surface area contributed by atoms with Crippen molar-refractivity contribution in [2.75, 3.05) is 0 Å². The van der Waals surface area contributed by atoms with Crippen LogP contribution in [0.3, 0.4) is 0 Å². The summed E-state index contributed by atoms with van der Waals surface area (Å²) in [5.41, 5.74) is 9.09. The molecule has 0 saturated carbocycles. The monoisotopic (exact) mass is 624 g/mol. The van der Waals surface area contributed by atoms with Crippen LogP contribution in [0.1, 0.15) is 0 Å². The van der Waals surface area contributed by atoms with Crippen molar-refractivity contribution in [3.05, 3.63) is 146 Å². The number of para-hydroxylation sites is 3. The first-order chi connectivity index (χ1) is 24.3. The number of fused-ring (bicyclic) bond motifs is 15. The maximum atomic E-state index is 6.70. The highest BCUT2D eigenvalue weighted by molar-refractivity contribution is 6.38. The number of hydrogen-bond acceptors (Lipinski definition) is 3. The van der Waals surface area contributed by atoms with Crippen molar-refractivity contribution in [2.45, 2.75) is 0 Å². The summed E-state index contributed by atoms with van der Waals surface area (Å²) < 4.78 is 11.5. The predicted molar refractivity (Wildman–Crippen MR) is 201 cm³/mol. The Morgan fingerprint density at radius 1 is 0.469 bits per heavy atom. The van der Waals surface area contributed by atoms with E-state index in [9.17, 15) is 0 Å². The van der Waals surface area contributed by atoms with Crippen LogP contribution in [0.2, 0.25) is 0 Å². The molecule has 12 rings (SSSR count). The van der Waals surface area contributed by atoms with E-state index in [1.54, 1.807) is 0 Å². The van der Waals surface area contributed by atoms with Crippen LogP contribution in [-0.4, -0.2) is 18.9 Å². The first-order valence-electron chi connectivity index (χ1n) is 16.6. The van der Waals surface area contributed by atoms with E-state index >= 15 is 0 Å². The highest BCUT2D eigenvalue weighted by Crippen LogP contribution is 2.48. The summed E-state index contributed by atoms with van der Waals surface area (Å²) in [6.07, 6.45) is 0. The van der Waals surface area contributed by atoms with Crippen LogP contribution in [0.25, 0.3) is 110 Å². The Labute approximate surface area is 278 Å². The molecule has 0 N–H and O–H groups in total. The average Bonchev–Trinajstić information content (AvgIpc) is 3.90. The number of aromatic nitrogens is 4. The molecule has 0 saturated heterocycles. The van der Waals surface area contributed by atoms with E-state index in [0.717, 1.165) is 38.9 Å². The van der Waals surface area contributed by atoms with Gasteiger partial charge in [-0.25, -0.2) is 9.97 Å². The predicted octanol–water partition coefficient (Wildman–Crippen LogP) is 11.4. The second-order valence-electron chi connectivity index (χ2n) is 12.9. The maximum absolute atomic E-state index is 6.70. The first kappa shape index (κ1) is 25.4. The SMILES string of the molecule is c1ccc(-c2nc(-n3c4ccc5ccccc5c4c4c5c6ccccc6n6c7ccccc7c(cc43)c56)c3oc4ccccc4c3n2)cc1. The second-order valence-corrected chi connectivity index (χ2v) is 12.9. The van der Waals surface area contributed by atoms with E-state index in [1.807, 2.05) is 36.4 Å². The van der Waals surface area contributed by atoms with E-state index in [-0.39, 0.29) is 0 Å². The van der Waals surface area contributed by atoms with Crippen molar-refractivity contribution in [3.8, 4) is 17.2 Å². The van der Waals surface area contributed by atoms with Gasteiger partial charge in [0, 0.05) is 43.3 Å². The molecule has 0 aliphatic heterocycles. The molecule has 7 aromatic carbocycles. The van der Waals surface area contributed by atoms with E-state index in [2.05, 4.69) is 118 Å². The molecule has 0 aliphatic rings. The molecule has 5 aromatic heterocycles. The van der Waals surface area contributed by atoms with E-state index in [0.29, 0.717) is 11.4 Å². The fourth-order valence-electron chi connectivity index (χ4n) is 8.45. The Hall–Kier alpha value is -6.72. The molecular formula is C44H24N4O.